The van der Waals surface area contributed by atoms with Crippen LogP contribution in [0.1, 0.15) is 11.1 Å². The van der Waals surface area contributed by atoms with Crippen molar-refractivity contribution in [1.82, 2.24) is 0 Å². The van der Waals surface area contributed by atoms with Gasteiger partial charge in [0.1, 0.15) is 0 Å². The monoisotopic (exact) mass is 356 g/mol. The zero-order valence-electron chi connectivity index (χ0n) is 8.39. The SMILES string of the molecule is COC=O.Cc1cc(Br)c(Cl)cc1CBr. The van der Waals surface area contributed by atoms with Gasteiger partial charge in [-0.05, 0) is 46.1 Å². The van der Waals surface area contributed by atoms with E-state index in [0.717, 1.165) is 14.8 Å². The molecule has 0 bridgehead atoms. The Hall–Kier alpha value is -0.0600. The maximum atomic E-state index is 8.95. The van der Waals surface area contributed by atoms with Crippen LogP contribution in [0.3, 0.4) is 0 Å². The van der Waals surface area contributed by atoms with E-state index in [1.54, 1.807) is 0 Å². The smallest absolute Gasteiger partial charge is 0.292 e. The minimum atomic E-state index is 0.375. The molecule has 0 aliphatic heterocycles. The van der Waals surface area contributed by atoms with Gasteiger partial charge in [0.15, 0.2) is 0 Å². The van der Waals surface area contributed by atoms with Gasteiger partial charge in [0, 0.05) is 9.80 Å². The quantitative estimate of drug-likeness (QED) is 0.588. The van der Waals surface area contributed by atoms with Crippen LogP contribution in [0.5, 0.6) is 0 Å². The summed E-state index contributed by atoms with van der Waals surface area (Å²) in [6, 6.07) is 3.99. The van der Waals surface area contributed by atoms with Crippen LogP contribution in [-0.2, 0) is 14.9 Å². The van der Waals surface area contributed by atoms with E-state index in [1.165, 1.54) is 18.2 Å². The Morgan fingerprint density at radius 3 is 2.47 bits per heavy atom. The molecule has 0 fully saturated rings. The molecule has 0 heterocycles. The average Bonchev–Trinajstić information content (AvgIpc) is 2.24. The summed E-state index contributed by atoms with van der Waals surface area (Å²) in [6.07, 6.45) is 0. The highest BCUT2D eigenvalue weighted by Crippen LogP contribution is 2.26. The molecule has 15 heavy (non-hydrogen) atoms. The third-order valence-corrected chi connectivity index (χ3v) is 3.42. The molecule has 0 unspecified atom stereocenters. The van der Waals surface area contributed by atoms with E-state index in [0.29, 0.717) is 6.47 Å². The van der Waals surface area contributed by atoms with Gasteiger partial charge in [-0.15, -0.1) is 0 Å². The second kappa shape index (κ2) is 8.13. The molecule has 0 aliphatic carbocycles. The van der Waals surface area contributed by atoms with Crippen LogP contribution in [0.4, 0.5) is 0 Å². The number of methoxy groups -OCH3 is 1. The van der Waals surface area contributed by atoms with Crippen molar-refractivity contribution >= 4 is 49.9 Å². The van der Waals surface area contributed by atoms with Crippen molar-refractivity contribution in [2.24, 2.45) is 0 Å². The zero-order chi connectivity index (χ0) is 11.8. The van der Waals surface area contributed by atoms with Crippen LogP contribution < -0.4 is 0 Å². The standard InChI is InChI=1S/C8H7Br2Cl.C2H4O2/c1-5-2-7(10)8(11)3-6(5)4-9;1-4-2-3/h2-3H,4H2,1H3;2H,1H3. The summed E-state index contributed by atoms with van der Waals surface area (Å²) in [5.74, 6) is 0. The predicted molar refractivity (Wildman–Crippen MR) is 69.6 cm³/mol. The minimum Gasteiger partial charge on any atom is -0.471 e. The number of halogens is 3. The highest BCUT2D eigenvalue weighted by atomic mass is 79.9. The number of carbonyl (C=O) groups excluding carboxylic acids is 1. The summed E-state index contributed by atoms with van der Waals surface area (Å²) in [5, 5.41) is 1.62. The third-order valence-electron chi connectivity index (χ3n) is 1.62. The first-order valence-corrected chi connectivity index (χ1v) is 6.33. The van der Waals surface area contributed by atoms with E-state index in [9.17, 15) is 0 Å². The zero-order valence-corrected chi connectivity index (χ0v) is 12.3. The normalized spacial score (nSPS) is 8.87. The highest BCUT2D eigenvalue weighted by Gasteiger charge is 2.01. The van der Waals surface area contributed by atoms with E-state index in [-0.39, 0.29) is 0 Å². The second-order valence-electron chi connectivity index (χ2n) is 2.66. The Kier molecular flexibility index (Phi) is 8.10. The maximum absolute atomic E-state index is 8.95. The molecule has 2 nitrogen and oxygen atoms in total. The van der Waals surface area contributed by atoms with Crippen molar-refractivity contribution in [3.63, 3.8) is 0 Å². The number of benzene rings is 1. The molecule has 5 heteroatoms. The van der Waals surface area contributed by atoms with Crippen LogP contribution in [0.25, 0.3) is 0 Å². The van der Waals surface area contributed by atoms with Gasteiger partial charge in [-0.1, -0.05) is 27.5 Å². The number of carbonyl (C=O) groups is 1. The predicted octanol–water partition coefficient (Wildman–Crippen LogP) is 4.10. The van der Waals surface area contributed by atoms with Crippen LogP contribution in [-0.4, -0.2) is 13.6 Å². The van der Waals surface area contributed by atoms with Crippen molar-refractivity contribution < 1.29 is 9.53 Å². The Bertz CT molecular complexity index is 329. The summed E-state index contributed by atoms with van der Waals surface area (Å²) < 4.78 is 4.82. The lowest BCUT2D eigenvalue weighted by atomic mass is 10.1. The van der Waals surface area contributed by atoms with Crippen LogP contribution in [0.2, 0.25) is 5.02 Å². The molecular weight excluding hydrogens is 347 g/mol. The van der Waals surface area contributed by atoms with E-state index in [4.69, 9.17) is 16.4 Å². The van der Waals surface area contributed by atoms with Gasteiger partial charge >= 0.3 is 0 Å². The average molecular weight is 358 g/mol. The van der Waals surface area contributed by atoms with Crippen molar-refractivity contribution in [3.8, 4) is 0 Å². The van der Waals surface area contributed by atoms with Crippen molar-refractivity contribution in [2.75, 3.05) is 7.11 Å². The van der Waals surface area contributed by atoms with Crippen molar-refractivity contribution in [3.05, 3.63) is 32.8 Å². The summed E-state index contributed by atoms with van der Waals surface area (Å²) in [4.78, 5) is 8.95. The molecule has 0 spiro atoms. The molecule has 0 radical (unpaired) electrons. The first kappa shape index (κ1) is 14.9. The fraction of sp³-hybridized carbons (Fsp3) is 0.300. The lowest BCUT2D eigenvalue weighted by Gasteiger charge is -2.03. The van der Waals surface area contributed by atoms with Crippen molar-refractivity contribution in [1.29, 1.82) is 0 Å². The third kappa shape index (κ3) is 5.54. The lowest BCUT2D eigenvalue weighted by Crippen LogP contribution is -1.84. The molecule has 84 valence electrons. The van der Waals surface area contributed by atoms with Crippen molar-refractivity contribution in [2.45, 2.75) is 12.3 Å². The topological polar surface area (TPSA) is 26.3 Å². The lowest BCUT2D eigenvalue weighted by molar-refractivity contribution is -0.126. The van der Waals surface area contributed by atoms with Gasteiger partial charge in [-0.25, -0.2) is 0 Å². The fourth-order valence-corrected chi connectivity index (χ4v) is 2.08. The Balaban J connectivity index is 0.000000423. The first-order valence-electron chi connectivity index (χ1n) is 4.03. The fourth-order valence-electron chi connectivity index (χ4n) is 0.831. The second-order valence-corrected chi connectivity index (χ2v) is 4.48. The van der Waals surface area contributed by atoms with E-state index in [1.807, 2.05) is 12.1 Å². The number of rotatable bonds is 2. The molecular formula is C10H11Br2ClO2. The summed E-state index contributed by atoms with van der Waals surface area (Å²) in [7, 11) is 1.31. The van der Waals surface area contributed by atoms with Crippen LogP contribution >= 0.6 is 43.5 Å². The number of ether oxygens (including phenoxy) is 1. The molecule has 0 aliphatic rings. The first-order chi connectivity index (χ1) is 7.06. The van der Waals surface area contributed by atoms with Gasteiger partial charge in [-0.3, -0.25) is 4.79 Å². The molecule has 0 saturated heterocycles. The molecule has 0 amide bonds. The Morgan fingerprint density at radius 1 is 1.53 bits per heavy atom. The Labute approximate surface area is 111 Å². The summed E-state index contributed by atoms with van der Waals surface area (Å²) in [6.45, 7) is 2.44. The van der Waals surface area contributed by atoms with Gasteiger partial charge < -0.3 is 4.74 Å². The van der Waals surface area contributed by atoms with Gasteiger partial charge in [0.2, 0.25) is 0 Å². The highest BCUT2D eigenvalue weighted by molar-refractivity contribution is 9.10. The molecule has 0 aromatic heterocycles. The molecule has 0 atom stereocenters. The Morgan fingerprint density at radius 2 is 2.07 bits per heavy atom. The van der Waals surface area contributed by atoms with E-state index in [2.05, 4.69) is 43.5 Å². The van der Waals surface area contributed by atoms with Crippen LogP contribution in [0, 0.1) is 6.92 Å². The largest absolute Gasteiger partial charge is 0.471 e. The van der Waals surface area contributed by atoms with Crippen LogP contribution in [0.15, 0.2) is 16.6 Å². The van der Waals surface area contributed by atoms with E-state index < -0.39 is 0 Å². The molecule has 1 aromatic rings. The summed E-state index contributed by atoms with van der Waals surface area (Å²) >= 11 is 12.7. The van der Waals surface area contributed by atoms with E-state index >= 15 is 0 Å². The van der Waals surface area contributed by atoms with Gasteiger partial charge in [0.25, 0.3) is 6.47 Å². The number of alkyl halides is 1. The number of aryl methyl sites for hydroxylation is 1. The summed E-state index contributed by atoms with van der Waals surface area (Å²) in [5.41, 5.74) is 2.48. The number of hydrogen-bond donors (Lipinski definition) is 0. The molecule has 0 saturated carbocycles. The molecule has 1 aromatic carbocycles. The molecule has 1 rings (SSSR count). The van der Waals surface area contributed by atoms with Gasteiger partial charge in [-0.2, -0.15) is 0 Å². The minimum absolute atomic E-state index is 0.375. The van der Waals surface area contributed by atoms with Gasteiger partial charge in [0.05, 0.1) is 12.1 Å². The molecule has 0 N–H and O–H groups in total. The maximum Gasteiger partial charge on any atom is 0.292 e. The number of hydrogen-bond acceptors (Lipinski definition) is 2.